The molecule has 4 saturated heterocycles. The maximum Gasteiger partial charge on any atom is 0.335 e. The highest BCUT2D eigenvalue weighted by atomic mass is 16.8. The lowest BCUT2D eigenvalue weighted by Crippen LogP contribution is -2.67. The largest absolute Gasteiger partial charge is 0.479 e. The number of hydrogen-bond donors (Lipinski definition) is 14. The van der Waals surface area contributed by atoms with Crippen LogP contribution in [-0.2, 0) is 52.3 Å². The number of carboxylic acid groups (broad SMARTS) is 1. The van der Waals surface area contributed by atoms with Crippen LogP contribution in [0.15, 0.2) is 0 Å². The summed E-state index contributed by atoms with van der Waals surface area (Å²) in [4.78, 5) is 38.6. The molecule has 77 heavy (non-hydrogen) atoms. The van der Waals surface area contributed by atoms with Gasteiger partial charge in [0.2, 0.25) is 5.91 Å². The number of ketones is 1. The minimum Gasteiger partial charge on any atom is -0.479 e. The molecule has 0 aromatic carbocycles. The fourth-order valence-corrected chi connectivity index (χ4v) is 11.5. The van der Waals surface area contributed by atoms with E-state index in [4.69, 9.17) is 37.9 Å². The van der Waals surface area contributed by atoms with Crippen molar-refractivity contribution in [1.29, 1.82) is 0 Å². The Morgan fingerprint density at radius 3 is 1.38 bits per heavy atom. The van der Waals surface area contributed by atoms with Crippen LogP contribution in [0.3, 0.4) is 0 Å². The third kappa shape index (κ3) is 17.2. The molecule has 14 N–H and O–H groups in total. The van der Waals surface area contributed by atoms with E-state index in [1.54, 1.807) is 0 Å². The van der Waals surface area contributed by atoms with E-state index < -0.39 is 149 Å². The Bertz CT molecular complexity index is 1720. The Morgan fingerprint density at radius 2 is 0.935 bits per heavy atom. The van der Waals surface area contributed by atoms with Gasteiger partial charge in [0.1, 0.15) is 97.3 Å². The van der Waals surface area contributed by atoms with Crippen LogP contribution in [0.5, 0.6) is 0 Å². The second kappa shape index (κ2) is 32.4. The number of unbranched alkanes of at least 4 members (excludes halogenated alkanes) is 2. The number of aliphatic hydroxyl groups is 12. The molecule has 0 spiro atoms. The number of hydrogen-bond acceptors (Lipinski definition) is 23. The number of carbonyl (C=O) groups excluding carboxylic acids is 2. The van der Waals surface area contributed by atoms with Gasteiger partial charge in [-0.1, -0.05) is 90.9 Å². The topological polar surface area (TPSA) is 400 Å². The number of amides is 1. The first-order valence-corrected chi connectivity index (χ1v) is 28.1. The van der Waals surface area contributed by atoms with Gasteiger partial charge in [0, 0.05) is 24.8 Å². The van der Waals surface area contributed by atoms with E-state index in [-0.39, 0.29) is 30.9 Å². The SMILES string of the molecule is CCCCC(CC)(C(=O)CCCCC(=O)NCCO[C@H]1OC(CO)[C@H](O[C@H]2OC(CO)[C@@H](O[C@@H]3OC(CO)[C@@H](O[C@@H]4OC(C(=O)O)[C@@H](O)C(O)C4O)C(O)C3O)C(O)C2O)C(O)C1O)C1CCCCCCCCCCCC1. The van der Waals surface area contributed by atoms with Crippen LogP contribution in [0.2, 0.25) is 0 Å². The van der Waals surface area contributed by atoms with Crippen LogP contribution in [0, 0.1) is 11.3 Å². The highest BCUT2D eigenvalue weighted by Crippen LogP contribution is 2.45. The van der Waals surface area contributed by atoms with Gasteiger partial charge < -0.3 is 110 Å². The van der Waals surface area contributed by atoms with Crippen LogP contribution in [0.25, 0.3) is 0 Å². The summed E-state index contributed by atoms with van der Waals surface area (Å²) in [5.74, 6) is -1.30. The second-order valence-electron chi connectivity index (χ2n) is 21.4. The molecule has 21 atom stereocenters. The Balaban J connectivity index is 1.07. The minimum absolute atomic E-state index is 0.00416. The van der Waals surface area contributed by atoms with E-state index in [2.05, 4.69) is 19.2 Å². The van der Waals surface area contributed by atoms with Crippen molar-refractivity contribution in [3.8, 4) is 0 Å². The molecule has 25 heteroatoms. The van der Waals surface area contributed by atoms with Crippen LogP contribution in [-0.4, -0.2) is 240 Å². The van der Waals surface area contributed by atoms with Gasteiger partial charge in [0.05, 0.1) is 26.4 Å². The average molecular weight is 1110 g/mol. The molecule has 448 valence electrons. The number of Topliss-reactive ketones (excluding diaryl/α,β-unsaturated/α-hetero) is 1. The predicted octanol–water partition coefficient (Wildman–Crippen LogP) is -1.49. The molecule has 0 aromatic heterocycles. The van der Waals surface area contributed by atoms with E-state index in [1.165, 1.54) is 51.4 Å². The molecule has 1 amide bonds. The van der Waals surface area contributed by atoms with Gasteiger partial charge in [-0.3, -0.25) is 9.59 Å². The molecular formula is C52H91NO24. The van der Waals surface area contributed by atoms with E-state index in [1.807, 2.05) is 0 Å². The molecule has 1 aliphatic carbocycles. The predicted molar refractivity (Wildman–Crippen MR) is 266 cm³/mol. The summed E-state index contributed by atoms with van der Waals surface area (Å²) < 4.78 is 44.5. The molecule has 0 aromatic rings. The van der Waals surface area contributed by atoms with E-state index in [9.17, 15) is 80.8 Å². The van der Waals surface area contributed by atoms with Crippen molar-refractivity contribution in [2.75, 3.05) is 33.0 Å². The number of carbonyl (C=O) groups is 3. The summed E-state index contributed by atoms with van der Waals surface area (Å²) in [5, 5.41) is 140. The van der Waals surface area contributed by atoms with Crippen molar-refractivity contribution >= 4 is 17.7 Å². The first-order chi connectivity index (χ1) is 36.9. The summed E-state index contributed by atoms with van der Waals surface area (Å²) in [5.41, 5.74) is -0.338. The molecule has 5 aliphatic rings. The summed E-state index contributed by atoms with van der Waals surface area (Å²) >= 11 is 0. The number of nitrogens with one attached hydrogen (secondary N) is 1. The summed E-state index contributed by atoms with van der Waals surface area (Å²) in [7, 11) is 0. The molecule has 0 bridgehead atoms. The highest BCUT2D eigenvalue weighted by molar-refractivity contribution is 5.85. The molecule has 25 nitrogen and oxygen atoms in total. The maximum absolute atomic E-state index is 14.2. The Labute approximate surface area is 450 Å². The van der Waals surface area contributed by atoms with Crippen molar-refractivity contribution in [2.24, 2.45) is 11.3 Å². The zero-order chi connectivity index (χ0) is 56.4. The van der Waals surface area contributed by atoms with Crippen molar-refractivity contribution in [1.82, 2.24) is 5.32 Å². The van der Waals surface area contributed by atoms with Crippen LogP contribution in [0.4, 0.5) is 0 Å². The average Bonchev–Trinajstić information content (AvgIpc) is 3.45. The molecule has 1 saturated carbocycles. The number of aliphatic hydroxyl groups excluding tert-OH is 12. The molecule has 4 aliphatic heterocycles. The fourth-order valence-electron chi connectivity index (χ4n) is 11.5. The quantitative estimate of drug-likeness (QED) is 0.0463. The molecule has 13 unspecified atom stereocenters. The van der Waals surface area contributed by atoms with Gasteiger partial charge in [0.25, 0.3) is 0 Å². The maximum atomic E-state index is 14.2. The zero-order valence-corrected chi connectivity index (χ0v) is 44.6. The number of carboxylic acids is 1. The third-order valence-electron chi connectivity index (χ3n) is 16.2. The number of ether oxygens (including phenoxy) is 8. The molecule has 5 rings (SSSR count). The third-order valence-corrected chi connectivity index (χ3v) is 16.2. The molecule has 0 radical (unpaired) electrons. The van der Waals surface area contributed by atoms with Crippen LogP contribution >= 0.6 is 0 Å². The first kappa shape index (κ1) is 65.6. The normalized spacial score (nSPS) is 39.1. The van der Waals surface area contributed by atoms with Gasteiger partial charge in [-0.2, -0.15) is 0 Å². The van der Waals surface area contributed by atoms with Gasteiger partial charge in [-0.05, 0) is 44.4 Å². The van der Waals surface area contributed by atoms with Gasteiger partial charge in [0.15, 0.2) is 31.3 Å². The number of rotatable bonds is 25. The summed E-state index contributed by atoms with van der Waals surface area (Å²) in [6.45, 7) is 1.40. The van der Waals surface area contributed by atoms with E-state index in [0.717, 1.165) is 51.4 Å². The lowest BCUT2D eigenvalue weighted by molar-refractivity contribution is -0.387. The second-order valence-corrected chi connectivity index (χ2v) is 21.4. The highest BCUT2D eigenvalue weighted by Gasteiger charge is 2.56. The van der Waals surface area contributed by atoms with Gasteiger partial charge >= 0.3 is 5.97 Å². The van der Waals surface area contributed by atoms with Crippen molar-refractivity contribution in [3.63, 3.8) is 0 Å². The van der Waals surface area contributed by atoms with Crippen molar-refractivity contribution < 1.29 is 119 Å². The van der Waals surface area contributed by atoms with E-state index >= 15 is 0 Å². The lowest BCUT2D eigenvalue weighted by atomic mass is 9.63. The fraction of sp³-hybridized carbons (Fsp3) is 0.942. The van der Waals surface area contributed by atoms with Gasteiger partial charge in [-0.25, -0.2) is 4.79 Å². The Morgan fingerprint density at radius 1 is 0.519 bits per heavy atom. The first-order valence-electron chi connectivity index (χ1n) is 28.1. The standard InChI is InChI=1S/C52H91NO24/c1-3-5-22-52(4-2,28-18-14-12-10-8-6-7-9-11-13-15-19-28)32(57)20-16-17-21-33(58)53-23-24-70-48-40(65)36(61)43(29(25-54)71-48)74-49-41(66)37(62)44(30(26-55)72-49)75-50-42(67)38(63)45(31(27-56)73-50)76-51-39(64)34(59)35(60)46(77-51)47(68)69/h28-31,34-46,48-51,54-56,59-67H,3-27H2,1-2H3,(H,53,58)(H,68,69)/t29?,30?,31?,34?,35-,36?,37?,38?,39?,40?,41?,42?,43-,44+,45+,46?,48-,49+,50-,51+,52?/m0/s1. The van der Waals surface area contributed by atoms with Crippen molar-refractivity contribution in [3.05, 3.63) is 0 Å². The van der Waals surface area contributed by atoms with Crippen molar-refractivity contribution in [2.45, 2.75) is 265 Å². The smallest absolute Gasteiger partial charge is 0.335 e. The molecule has 5 fully saturated rings. The summed E-state index contributed by atoms with van der Waals surface area (Å²) in [6.07, 6.45) is -17.5. The van der Waals surface area contributed by atoms with Gasteiger partial charge in [-0.15, -0.1) is 0 Å². The summed E-state index contributed by atoms with van der Waals surface area (Å²) in [6, 6.07) is 0. The molecular weight excluding hydrogens is 1020 g/mol. The van der Waals surface area contributed by atoms with Crippen LogP contribution in [0.1, 0.15) is 142 Å². The molecule has 4 heterocycles. The zero-order valence-electron chi connectivity index (χ0n) is 44.6. The Kier molecular flexibility index (Phi) is 27.7. The minimum atomic E-state index is -2.12. The Hall–Kier alpha value is -2.19. The van der Waals surface area contributed by atoms with Crippen LogP contribution < -0.4 is 5.32 Å². The monoisotopic (exact) mass is 1110 g/mol. The number of aliphatic carboxylic acids is 1. The lowest BCUT2D eigenvalue weighted by Gasteiger charge is -2.49. The van der Waals surface area contributed by atoms with E-state index in [0.29, 0.717) is 31.0 Å².